The molecule has 0 N–H and O–H groups in total. The van der Waals surface area contributed by atoms with E-state index in [1.807, 2.05) is 36.4 Å². The maximum Gasteiger partial charge on any atom is 0.310 e. The first-order chi connectivity index (χ1) is 11.7. The number of benzene rings is 1. The van der Waals surface area contributed by atoms with Gasteiger partial charge in [0.2, 0.25) is 5.88 Å². The number of likely N-dealkylation sites (tertiary alicyclic amines) is 1. The van der Waals surface area contributed by atoms with E-state index in [1.54, 1.807) is 7.11 Å². The van der Waals surface area contributed by atoms with E-state index in [9.17, 15) is 4.79 Å². The quantitative estimate of drug-likeness (QED) is 0.790. The average molecular weight is 326 g/mol. The zero-order valence-electron chi connectivity index (χ0n) is 14.0. The maximum atomic E-state index is 12.2. The highest BCUT2D eigenvalue weighted by atomic mass is 16.5. The van der Waals surface area contributed by atoms with Gasteiger partial charge in [0.1, 0.15) is 0 Å². The Labute approximate surface area is 142 Å². The molecule has 1 fully saturated rings. The van der Waals surface area contributed by atoms with Crippen molar-refractivity contribution in [3.05, 3.63) is 59.8 Å². The molecule has 0 bridgehead atoms. The Balaban J connectivity index is 1.81. The number of methoxy groups -OCH3 is 2. The van der Waals surface area contributed by atoms with Crippen LogP contribution < -0.4 is 4.74 Å². The van der Waals surface area contributed by atoms with Crippen LogP contribution in [-0.2, 0) is 16.1 Å². The number of nitrogens with zero attached hydrogens (tertiary/aromatic N) is 2. The minimum absolute atomic E-state index is 0.0104. The average Bonchev–Trinajstić information content (AvgIpc) is 3.05. The lowest BCUT2D eigenvalue weighted by Gasteiger charge is -2.16. The smallest absolute Gasteiger partial charge is 0.310 e. The molecule has 0 radical (unpaired) electrons. The van der Waals surface area contributed by atoms with Crippen molar-refractivity contribution in [2.75, 3.05) is 27.3 Å². The van der Waals surface area contributed by atoms with Gasteiger partial charge in [-0.15, -0.1) is 0 Å². The van der Waals surface area contributed by atoms with Crippen molar-refractivity contribution in [3.8, 4) is 5.88 Å². The van der Waals surface area contributed by atoms with Crippen molar-refractivity contribution in [2.45, 2.75) is 12.5 Å². The Morgan fingerprint density at radius 2 is 1.92 bits per heavy atom. The van der Waals surface area contributed by atoms with Crippen LogP contribution in [-0.4, -0.2) is 43.2 Å². The summed E-state index contributed by atoms with van der Waals surface area (Å²) in [6.07, 6.45) is 0. The monoisotopic (exact) mass is 326 g/mol. The first-order valence-electron chi connectivity index (χ1n) is 8.06. The van der Waals surface area contributed by atoms with Crippen LogP contribution >= 0.6 is 0 Å². The normalized spacial score (nSPS) is 20.8. The molecule has 1 aliphatic rings. The van der Waals surface area contributed by atoms with E-state index in [0.29, 0.717) is 12.4 Å². The van der Waals surface area contributed by atoms with Gasteiger partial charge < -0.3 is 9.47 Å². The number of carbonyl (C=O) groups is 1. The molecule has 3 rings (SSSR count). The third-order valence-corrected chi connectivity index (χ3v) is 4.48. The van der Waals surface area contributed by atoms with E-state index in [1.165, 1.54) is 12.7 Å². The maximum absolute atomic E-state index is 12.2. The summed E-state index contributed by atoms with van der Waals surface area (Å²) in [6.45, 7) is 2.26. The third-order valence-electron chi connectivity index (χ3n) is 4.48. The van der Waals surface area contributed by atoms with Gasteiger partial charge in [-0.1, -0.05) is 36.4 Å². The number of carbonyl (C=O) groups excluding carboxylic acids is 1. The number of ether oxygens (including phenoxy) is 2. The molecule has 126 valence electrons. The Kier molecular flexibility index (Phi) is 5.11. The van der Waals surface area contributed by atoms with Crippen LogP contribution in [0.1, 0.15) is 17.2 Å². The minimum atomic E-state index is -0.210. The van der Waals surface area contributed by atoms with E-state index < -0.39 is 0 Å². The van der Waals surface area contributed by atoms with Gasteiger partial charge in [0.25, 0.3) is 0 Å². The number of esters is 1. The molecule has 2 heterocycles. The van der Waals surface area contributed by atoms with Crippen molar-refractivity contribution in [1.29, 1.82) is 0 Å². The van der Waals surface area contributed by atoms with Gasteiger partial charge in [0, 0.05) is 37.3 Å². The van der Waals surface area contributed by atoms with Gasteiger partial charge in [-0.2, -0.15) is 0 Å². The molecule has 2 aromatic rings. The molecule has 2 atom stereocenters. The second-order valence-electron chi connectivity index (χ2n) is 6.02. The number of hydrogen-bond donors (Lipinski definition) is 0. The number of pyridine rings is 1. The molecular weight excluding hydrogens is 304 g/mol. The van der Waals surface area contributed by atoms with Crippen LogP contribution in [0.3, 0.4) is 0 Å². The molecule has 1 aliphatic heterocycles. The molecular formula is C19H22N2O3. The molecule has 1 aromatic carbocycles. The molecule has 1 aromatic heterocycles. The lowest BCUT2D eigenvalue weighted by Crippen LogP contribution is -2.24. The second kappa shape index (κ2) is 7.45. The molecule has 24 heavy (non-hydrogen) atoms. The third kappa shape index (κ3) is 3.57. The molecule has 0 amide bonds. The van der Waals surface area contributed by atoms with Gasteiger partial charge in [0.15, 0.2) is 0 Å². The number of rotatable bonds is 5. The SMILES string of the molecule is COC(=O)[C@H]1CN(Cc2ccccc2)C[C@H]1c1cccc(OC)n1. The standard InChI is InChI=1S/C19H22N2O3/c1-23-18-10-6-9-17(20-18)15-12-21(13-16(15)19(22)24-2)11-14-7-4-3-5-8-14/h3-10,15-16H,11-13H2,1-2H3/t15-,16+/m1/s1. The first kappa shape index (κ1) is 16.5. The lowest BCUT2D eigenvalue weighted by molar-refractivity contribution is -0.145. The van der Waals surface area contributed by atoms with Gasteiger partial charge in [0.05, 0.1) is 20.1 Å². The summed E-state index contributed by atoms with van der Waals surface area (Å²) in [5.41, 5.74) is 2.11. The zero-order valence-corrected chi connectivity index (χ0v) is 14.0. The first-order valence-corrected chi connectivity index (χ1v) is 8.06. The van der Waals surface area contributed by atoms with Crippen LogP contribution in [0.25, 0.3) is 0 Å². The largest absolute Gasteiger partial charge is 0.481 e. The van der Waals surface area contributed by atoms with Crippen molar-refractivity contribution >= 4 is 5.97 Å². The Morgan fingerprint density at radius 1 is 1.12 bits per heavy atom. The number of hydrogen-bond acceptors (Lipinski definition) is 5. The summed E-state index contributed by atoms with van der Waals surface area (Å²) in [7, 11) is 3.04. The Morgan fingerprint density at radius 3 is 2.62 bits per heavy atom. The molecule has 5 heteroatoms. The summed E-state index contributed by atoms with van der Waals surface area (Å²) < 4.78 is 10.2. The van der Waals surface area contributed by atoms with Crippen molar-refractivity contribution in [2.24, 2.45) is 5.92 Å². The highest BCUT2D eigenvalue weighted by Gasteiger charge is 2.40. The van der Waals surface area contributed by atoms with Crippen LogP contribution in [0.2, 0.25) is 0 Å². The van der Waals surface area contributed by atoms with Crippen molar-refractivity contribution in [3.63, 3.8) is 0 Å². The van der Waals surface area contributed by atoms with E-state index in [2.05, 4.69) is 22.0 Å². The Bertz CT molecular complexity index is 690. The number of aromatic nitrogens is 1. The fourth-order valence-corrected chi connectivity index (χ4v) is 3.30. The predicted molar refractivity (Wildman–Crippen MR) is 90.8 cm³/mol. The summed E-state index contributed by atoms with van der Waals surface area (Å²) in [5.74, 6) is 0.187. The molecule has 5 nitrogen and oxygen atoms in total. The van der Waals surface area contributed by atoms with Gasteiger partial charge in [-0.25, -0.2) is 4.98 Å². The van der Waals surface area contributed by atoms with E-state index in [4.69, 9.17) is 9.47 Å². The fraction of sp³-hybridized carbons (Fsp3) is 0.368. The topological polar surface area (TPSA) is 51.7 Å². The minimum Gasteiger partial charge on any atom is -0.481 e. The van der Waals surface area contributed by atoms with Gasteiger partial charge >= 0.3 is 5.97 Å². The highest BCUT2D eigenvalue weighted by molar-refractivity contribution is 5.74. The summed E-state index contributed by atoms with van der Waals surface area (Å²) in [4.78, 5) is 19.0. The van der Waals surface area contributed by atoms with Gasteiger partial charge in [-0.05, 0) is 11.6 Å². The van der Waals surface area contributed by atoms with Crippen molar-refractivity contribution in [1.82, 2.24) is 9.88 Å². The molecule has 0 saturated carbocycles. The van der Waals surface area contributed by atoms with Crippen LogP contribution in [0.5, 0.6) is 5.88 Å². The van der Waals surface area contributed by atoms with E-state index in [-0.39, 0.29) is 17.8 Å². The summed E-state index contributed by atoms with van der Waals surface area (Å²) in [6, 6.07) is 16.0. The zero-order chi connectivity index (χ0) is 16.9. The molecule has 0 unspecified atom stereocenters. The van der Waals surface area contributed by atoms with Crippen LogP contribution in [0, 0.1) is 5.92 Å². The van der Waals surface area contributed by atoms with Crippen LogP contribution in [0.15, 0.2) is 48.5 Å². The molecule has 0 aliphatic carbocycles. The van der Waals surface area contributed by atoms with Crippen LogP contribution in [0.4, 0.5) is 0 Å². The van der Waals surface area contributed by atoms with E-state index >= 15 is 0 Å². The molecule has 0 spiro atoms. The van der Waals surface area contributed by atoms with E-state index in [0.717, 1.165) is 18.8 Å². The predicted octanol–water partition coefficient (Wildman–Crippen LogP) is 2.48. The fourth-order valence-electron chi connectivity index (χ4n) is 3.30. The highest BCUT2D eigenvalue weighted by Crippen LogP contribution is 2.34. The summed E-state index contributed by atoms with van der Waals surface area (Å²) in [5, 5.41) is 0. The van der Waals surface area contributed by atoms with Gasteiger partial charge in [-0.3, -0.25) is 9.69 Å². The van der Waals surface area contributed by atoms with Crippen molar-refractivity contribution < 1.29 is 14.3 Å². The molecule has 1 saturated heterocycles. The Hall–Kier alpha value is -2.40. The lowest BCUT2D eigenvalue weighted by atomic mass is 9.92. The second-order valence-corrected chi connectivity index (χ2v) is 6.02. The summed E-state index contributed by atoms with van der Waals surface area (Å²) >= 11 is 0.